The van der Waals surface area contributed by atoms with Crippen molar-refractivity contribution in [1.29, 1.82) is 0 Å². The number of nitrogens with one attached hydrogen (secondary N) is 1. The maximum absolute atomic E-state index is 13.4. The molecule has 0 saturated carbocycles. The van der Waals surface area contributed by atoms with Gasteiger partial charge < -0.3 is 15.0 Å². The van der Waals surface area contributed by atoms with Gasteiger partial charge in [-0.3, -0.25) is 4.79 Å². The SMILES string of the molecule is CCC/C=C/CN1C(=O)c2ccccc2Sc2cc(Nc3nccnc3OC)ccc21. The Morgan fingerprint density at radius 2 is 1.94 bits per heavy atom. The molecule has 1 aliphatic rings. The Hall–Kier alpha value is -3.32. The second kappa shape index (κ2) is 9.66. The van der Waals surface area contributed by atoms with Crippen molar-refractivity contribution >= 4 is 34.9 Å². The van der Waals surface area contributed by atoms with Crippen LogP contribution in [0.2, 0.25) is 0 Å². The van der Waals surface area contributed by atoms with Gasteiger partial charge >= 0.3 is 0 Å². The summed E-state index contributed by atoms with van der Waals surface area (Å²) in [4.78, 5) is 25.6. The van der Waals surface area contributed by atoms with Crippen molar-refractivity contribution in [3.63, 3.8) is 0 Å². The van der Waals surface area contributed by atoms with E-state index in [0.29, 0.717) is 18.2 Å². The van der Waals surface area contributed by atoms with Gasteiger partial charge in [0, 0.05) is 34.4 Å². The van der Waals surface area contributed by atoms with Crippen LogP contribution in [0, 0.1) is 0 Å². The number of hydrogen-bond acceptors (Lipinski definition) is 6. The average Bonchev–Trinajstić information content (AvgIpc) is 2.91. The summed E-state index contributed by atoms with van der Waals surface area (Å²) in [6.45, 7) is 2.68. The molecule has 31 heavy (non-hydrogen) atoms. The number of carbonyl (C=O) groups is 1. The third-order valence-electron chi connectivity index (χ3n) is 4.86. The van der Waals surface area contributed by atoms with Crippen LogP contribution >= 0.6 is 11.8 Å². The first-order valence-electron chi connectivity index (χ1n) is 10.2. The van der Waals surface area contributed by atoms with Crippen molar-refractivity contribution < 1.29 is 9.53 Å². The number of unbranched alkanes of at least 4 members (excludes halogenated alkanes) is 1. The smallest absolute Gasteiger partial charge is 0.259 e. The minimum Gasteiger partial charge on any atom is -0.478 e. The van der Waals surface area contributed by atoms with Crippen LogP contribution in [0.15, 0.2) is 76.8 Å². The molecule has 1 amide bonds. The number of fused-ring (bicyclic) bond motifs is 2. The molecule has 6 nitrogen and oxygen atoms in total. The minimum atomic E-state index is 0.0132. The Morgan fingerprint density at radius 3 is 2.77 bits per heavy atom. The fourth-order valence-corrected chi connectivity index (χ4v) is 4.46. The molecule has 0 aliphatic carbocycles. The van der Waals surface area contributed by atoms with Crippen LogP contribution < -0.4 is 15.0 Å². The lowest BCUT2D eigenvalue weighted by Crippen LogP contribution is -2.31. The van der Waals surface area contributed by atoms with Crippen LogP contribution in [-0.2, 0) is 0 Å². The maximum atomic E-state index is 13.4. The molecule has 2 aromatic carbocycles. The van der Waals surface area contributed by atoms with Crippen LogP contribution in [0.5, 0.6) is 5.88 Å². The molecular formula is C24H24N4O2S. The number of amides is 1. The van der Waals surface area contributed by atoms with Gasteiger partial charge in [0.05, 0.1) is 18.4 Å². The van der Waals surface area contributed by atoms with E-state index in [4.69, 9.17) is 4.74 Å². The molecule has 4 rings (SSSR count). The van der Waals surface area contributed by atoms with Gasteiger partial charge in [-0.05, 0) is 36.8 Å². The summed E-state index contributed by atoms with van der Waals surface area (Å²) < 4.78 is 5.29. The lowest BCUT2D eigenvalue weighted by atomic mass is 10.1. The van der Waals surface area contributed by atoms with E-state index in [0.717, 1.165) is 39.6 Å². The fourth-order valence-electron chi connectivity index (χ4n) is 3.35. The molecule has 0 fully saturated rings. The third kappa shape index (κ3) is 4.56. The molecule has 158 valence electrons. The average molecular weight is 433 g/mol. The fraction of sp³-hybridized carbons (Fsp3) is 0.208. The quantitative estimate of drug-likeness (QED) is 0.483. The van der Waals surface area contributed by atoms with Crippen molar-refractivity contribution in [2.75, 3.05) is 23.9 Å². The number of anilines is 3. The standard InChI is InChI=1S/C24H24N4O2S/c1-3-4-5-8-15-28-19-12-11-17(27-22-23(30-2)26-14-13-25-22)16-21(19)31-20-10-7-6-9-18(20)24(28)29/h5-14,16H,3-4,15H2,1-2H3,(H,25,27)/b8-5+. The number of methoxy groups -OCH3 is 1. The minimum absolute atomic E-state index is 0.0132. The molecule has 0 saturated heterocycles. The van der Waals surface area contributed by atoms with E-state index in [1.54, 1.807) is 31.3 Å². The van der Waals surface area contributed by atoms with E-state index >= 15 is 0 Å². The summed E-state index contributed by atoms with van der Waals surface area (Å²) >= 11 is 1.60. The zero-order valence-corrected chi connectivity index (χ0v) is 18.4. The highest BCUT2D eigenvalue weighted by Crippen LogP contribution is 2.43. The molecule has 3 aromatic rings. The Labute approximate surface area is 186 Å². The number of ether oxygens (including phenoxy) is 1. The maximum Gasteiger partial charge on any atom is 0.259 e. The summed E-state index contributed by atoms with van der Waals surface area (Å²) in [5.74, 6) is 0.979. The summed E-state index contributed by atoms with van der Waals surface area (Å²) in [6.07, 6.45) is 9.49. The zero-order valence-electron chi connectivity index (χ0n) is 17.5. The lowest BCUT2D eigenvalue weighted by molar-refractivity contribution is 0.0987. The summed E-state index contributed by atoms with van der Waals surface area (Å²) in [7, 11) is 1.56. The predicted octanol–water partition coefficient (Wildman–Crippen LogP) is 5.70. The first-order chi connectivity index (χ1) is 15.2. The largest absolute Gasteiger partial charge is 0.478 e. The first-order valence-corrected chi connectivity index (χ1v) is 11.0. The van der Waals surface area contributed by atoms with E-state index in [-0.39, 0.29) is 5.91 Å². The number of allylic oxidation sites excluding steroid dienone is 1. The van der Waals surface area contributed by atoms with Gasteiger partial charge in [0.1, 0.15) is 0 Å². The molecule has 0 radical (unpaired) electrons. The number of carbonyl (C=O) groups excluding carboxylic acids is 1. The molecule has 0 spiro atoms. The monoisotopic (exact) mass is 432 g/mol. The van der Waals surface area contributed by atoms with Gasteiger partial charge in [-0.2, -0.15) is 0 Å². The van der Waals surface area contributed by atoms with Gasteiger partial charge in [0.2, 0.25) is 0 Å². The zero-order chi connectivity index (χ0) is 21.6. The van der Waals surface area contributed by atoms with E-state index in [2.05, 4.69) is 34.4 Å². The summed E-state index contributed by atoms with van der Waals surface area (Å²) in [5.41, 5.74) is 2.46. The number of hydrogen-bond donors (Lipinski definition) is 1. The first kappa shape index (κ1) is 20.9. The van der Waals surface area contributed by atoms with Crippen LogP contribution in [0.4, 0.5) is 17.2 Å². The van der Waals surface area contributed by atoms with Crippen LogP contribution in [0.1, 0.15) is 30.1 Å². The Kier molecular flexibility index (Phi) is 6.52. The number of benzene rings is 2. The predicted molar refractivity (Wildman–Crippen MR) is 125 cm³/mol. The second-order valence-electron chi connectivity index (χ2n) is 7.00. The molecule has 0 atom stereocenters. The van der Waals surface area contributed by atoms with E-state index in [1.165, 1.54) is 0 Å². The van der Waals surface area contributed by atoms with Gasteiger partial charge in [-0.25, -0.2) is 9.97 Å². The van der Waals surface area contributed by atoms with E-state index in [9.17, 15) is 4.79 Å². The molecule has 0 bridgehead atoms. The highest BCUT2D eigenvalue weighted by atomic mass is 32.2. The Balaban J connectivity index is 1.72. The van der Waals surface area contributed by atoms with Gasteiger partial charge in [0.15, 0.2) is 5.82 Å². The van der Waals surface area contributed by atoms with Crippen molar-refractivity contribution in [3.05, 3.63) is 72.6 Å². The van der Waals surface area contributed by atoms with Crippen molar-refractivity contribution in [2.24, 2.45) is 0 Å². The van der Waals surface area contributed by atoms with Crippen molar-refractivity contribution in [1.82, 2.24) is 9.97 Å². The van der Waals surface area contributed by atoms with Gasteiger partial charge in [-0.1, -0.05) is 49.4 Å². The number of aromatic nitrogens is 2. The second-order valence-corrected chi connectivity index (χ2v) is 8.08. The lowest BCUT2D eigenvalue weighted by Gasteiger charge is -2.22. The molecule has 2 heterocycles. The number of rotatable bonds is 7. The van der Waals surface area contributed by atoms with E-state index in [1.807, 2.05) is 47.4 Å². The molecule has 1 aromatic heterocycles. The van der Waals surface area contributed by atoms with Crippen molar-refractivity contribution in [3.8, 4) is 5.88 Å². The summed E-state index contributed by atoms with van der Waals surface area (Å²) in [6, 6.07) is 13.7. The van der Waals surface area contributed by atoms with Crippen LogP contribution in [0.25, 0.3) is 0 Å². The van der Waals surface area contributed by atoms with E-state index < -0.39 is 0 Å². The Bertz CT molecular complexity index is 1120. The normalized spacial score (nSPS) is 13.0. The van der Waals surface area contributed by atoms with Crippen LogP contribution in [-0.4, -0.2) is 29.5 Å². The molecular weight excluding hydrogens is 408 g/mol. The number of nitrogens with zero attached hydrogens (tertiary/aromatic N) is 3. The third-order valence-corrected chi connectivity index (χ3v) is 5.99. The topological polar surface area (TPSA) is 67.4 Å². The highest BCUT2D eigenvalue weighted by Gasteiger charge is 2.26. The molecule has 7 heteroatoms. The van der Waals surface area contributed by atoms with Gasteiger partial charge in [0.25, 0.3) is 11.8 Å². The Morgan fingerprint density at radius 1 is 1.10 bits per heavy atom. The molecule has 1 aliphatic heterocycles. The molecule has 0 unspecified atom stereocenters. The molecule has 1 N–H and O–H groups in total. The summed E-state index contributed by atoms with van der Waals surface area (Å²) in [5, 5.41) is 3.27. The highest BCUT2D eigenvalue weighted by molar-refractivity contribution is 7.99. The van der Waals surface area contributed by atoms with Gasteiger partial charge in [-0.15, -0.1) is 0 Å². The van der Waals surface area contributed by atoms with Crippen LogP contribution in [0.3, 0.4) is 0 Å². The van der Waals surface area contributed by atoms with Crippen molar-refractivity contribution in [2.45, 2.75) is 29.6 Å².